The highest BCUT2D eigenvalue weighted by atomic mass is 32.2. The largest absolute Gasteiger partial charge is 0.456 e. The van der Waals surface area contributed by atoms with Gasteiger partial charge < -0.3 is 10.5 Å². The summed E-state index contributed by atoms with van der Waals surface area (Å²) in [6.45, 7) is 0. The van der Waals surface area contributed by atoms with E-state index in [-0.39, 0.29) is 16.2 Å². The van der Waals surface area contributed by atoms with Crippen molar-refractivity contribution in [3.8, 4) is 22.8 Å². The fraction of sp³-hybridized carbons (Fsp3) is 0.0500. The fourth-order valence-corrected chi connectivity index (χ4v) is 3.39. The molecule has 0 unspecified atom stereocenters. The quantitative estimate of drug-likeness (QED) is 0.437. The third-order valence-electron chi connectivity index (χ3n) is 3.90. The van der Waals surface area contributed by atoms with Gasteiger partial charge in [-0.05, 0) is 54.6 Å². The predicted octanol–water partition coefficient (Wildman–Crippen LogP) is 2.57. The van der Waals surface area contributed by atoms with Crippen LogP contribution in [0, 0.1) is 5.41 Å². The van der Waals surface area contributed by atoms with Crippen molar-refractivity contribution < 1.29 is 17.9 Å². The van der Waals surface area contributed by atoms with Gasteiger partial charge in [0.2, 0.25) is 0 Å². The molecule has 3 rings (SSSR count). The number of aromatic nitrogens is 1. The Bertz CT molecular complexity index is 1160. The highest BCUT2D eigenvalue weighted by Gasteiger charge is 2.19. The van der Waals surface area contributed by atoms with Gasteiger partial charge in [0, 0.05) is 23.6 Å². The molecule has 0 atom stereocenters. The van der Waals surface area contributed by atoms with Crippen molar-refractivity contribution in [2.24, 2.45) is 5.73 Å². The average molecular weight is 410 g/mol. The normalized spacial score (nSPS) is 10.9. The van der Waals surface area contributed by atoms with Crippen LogP contribution in [0.4, 0.5) is 0 Å². The summed E-state index contributed by atoms with van der Waals surface area (Å²) in [5.41, 5.74) is 6.87. The summed E-state index contributed by atoms with van der Waals surface area (Å²) in [6.07, 6.45) is 2.72. The van der Waals surface area contributed by atoms with Crippen LogP contribution in [0.3, 0.4) is 0 Å². The molecule has 1 heterocycles. The van der Waals surface area contributed by atoms with E-state index in [0.29, 0.717) is 5.75 Å². The van der Waals surface area contributed by atoms with Crippen molar-refractivity contribution >= 4 is 21.7 Å². The topological polar surface area (TPSA) is 135 Å². The minimum atomic E-state index is -3.69. The zero-order valence-electron chi connectivity index (χ0n) is 15.4. The number of sulfone groups is 1. The molecule has 0 bridgehead atoms. The number of ether oxygens (including phenoxy) is 1. The molecule has 0 aliphatic carbocycles. The number of hydrogen-bond donors (Lipinski definition) is 3. The number of nitrogens with two attached hydrogens (primary N) is 1. The maximum absolute atomic E-state index is 12.2. The molecule has 0 saturated heterocycles. The molecule has 4 N–H and O–H groups in total. The number of nitrogens with one attached hydrogen (secondary N) is 2. The zero-order valence-corrected chi connectivity index (χ0v) is 16.2. The maximum atomic E-state index is 12.2. The number of pyridine rings is 1. The third kappa shape index (κ3) is 4.96. The second-order valence-corrected chi connectivity index (χ2v) is 8.13. The molecule has 1 aromatic heterocycles. The standard InChI is InChI=1S/C20H18N4O4S/c1-29(26,27)18-12-14(19(25)24-20(21)22)7-10-17(18)28-15-8-5-13(6-9-15)16-4-2-3-11-23-16/h2-12H,1H3,(H4,21,22,24,25). The monoisotopic (exact) mass is 410 g/mol. The van der Waals surface area contributed by atoms with Crippen molar-refractivity contribution in [2.75, 3.05) is 6.26 Å². The maximum Gasteiger partial charge on any atom is 0.257 e. The Hall–Kier alpha value is -3.72. The van der Waals surface area contributed by atoms with E-state index in [4.69, 9.17) is 15.9 Å². The predicted molar refractivity (Wildman–Crippen MR) is 109 cm³/mol. The van der Waals surface area contributed by atoms with E-state index < -0.39 is 21.7 Å². The van der Waals surface area contributed by atoms with Crippen LogP contribution in [-0.4, -0.2) is 31.5 Å². The van der Waals surface area contributed by atoms with Crippen LogP contribution in [0.2, 0.25) is 0 Å². The highest BCUT2D eigenvalue weighted by molar-refractivity contribution is 7.90. The molecule has 1 amide bonds. The van der Waals surface area contributed by atoms with Gasteiger partial charge in [-0.2, -0.15) is 0 Å². The van der Waals surface area contributed by atoms with Gasteiger partial charge in [-0.3, -0.25) is 20.5 Å². The number of hydrogen-bond acceptors (Lipinski definition) is 6. The van der Waals surface area contributed by atoms with E-state index >= 15 is 0 Å². The van der Waals surface area contributed by atoms with Gasteiger partial charge in [0.25, 0.3) is 5.91 Å². The fourth-order valence-electron chi connectivity index (χ4n) is 2.57. The number of guanidine groups is 1. The third-order valence-corrected chi connectivity index (χ3v) is 5.01. The van der Waals surface area contributed by atoms with Crippen LogP contribution in [-0.2, 0) is 9.84 Å². The van der Waals surface area contributed by atoms with Crippen molar-refractivity contribution in [1.29, 1.82) is 5.41 Å². The van der Waals surface area contributed by atoms with Crippen LogP contribution in [0.25, 0.3) is 11.3 Å². The average Bonchev–Trinajstić information content (AvgIpc) is 2.68. The van der Waals surface area contributed by atoms with E-state index in [2.05, 4.69) is 10.3 Å². The number of amides is 1. The summed E-state index contributed by atoms with van der Waals surface area (Å²) in [6, 6.07) is 16.6. The van der Waals surface area contributed by atoms with Gasteiger partial charge in [0.1, 0.15) is 16.4 Å². The van der Waals surface area contributed by atoms with Gasteiger partial charge in [0.15, 0.2) is 15.8 Å². The minimum Gasteiger partial charge on any atom is -0.456 e. The van der Waals surface area contributed by atoms with Crippen LogP contribution in [0.5, 0.6) is 11.5 Å². The van der Waals surface area contributed by atoms with Gasteiger partial charge in [-0.1, -0.05) is 6.07 Å². The lowest BCUT2D eigenvalue weighted by molar-refractivity contribution is 0.0976. The lowest BCUT2D eigenvalue weighted by Crippen LogP contribution is -2.35. The Labute approximate surface area is 167 Å². The molecule has 8 nitrogen and oxygen atoms in total. The lowest BCUT2D eigenvalue weighted by atomic mass is 10.1. The SMILES string of the molecule is CS(=O)(=O)c1cc(C(=O)NC(=N)N)ccc1Oc1ccc(-c2ccccn2)cc1. The summed E-state index contributed by atoms with van der Waals surface area (Å²) >= 11 is 0. The van der Waals surface area contributed by atoms with Crippen molar-refractivity contribution in [3.05, 3.63) is 72.4 Å². The molecule has 0 fully saturated rings. The molecule has 0 spiro atoms. The van der Waals surface area contributed by atoms with Gasteiger partial charge in [-0.15, -0.1) is 0 Å². The van der Waals surface area contributed by atoms with E-state index in [1.54, 1.807) is 18.3 Å². The second kappa shape index (κ2) is 8.11. The first-order chi connectivity index (χ1) is 13.7. The first-order valence-corrected chi connectivity index (χ1v) is 10.3. The lowest BCUT2D eigenvalue weighted by Gasteiger charge is -2.12. The molecule has 148 valence electrons. The number of benzene rings is 2. The first-order valence-electron chi connectivity index (χ1n) is 8.43. The Morgan fingerprint density at radius 2 is 1.83 bits per heavy atom. The molecule has 29 heavy (non-hydrogen) atoms. The molecule has 0 radical (unpaired) electrons. The first kappa shape index (κ1) is 20.0. The molecule has 2 aromatic carbocycles. The molecular weight excluding hydrogens is 392 g/mol. The smallest absolute Gasteiger partial charge is 0.257 e. The number of carbonyl (C=O) groups excluding carboxylic acids is 1. The molecule has 3 aromatic rings. The summed E-state index contributed by atoms with van der Waals surface area (Å²) in [5.74, 6) is -0.717. The van der Waals surface area contributed by atoms with Crippen molar-refractivity contribution in [2.45, 2.75) is 4.90 Å². The molecule has 0 aliphatic rings. The van der Waals surface area contributed by atoms with Crippen molar-refractivity contribution in [1.82, 2.24) is 10.3 Å². The number of nitrogens with zero attached hydrogens (tertiary/aromatic N) is 1. The highest BCUT2D eigenvalue weighted by Crippen LogP contribution is 2.31. The van der Waals surface area contributed by atoms with Crippen LogP contribution in [0.1, 0.15) is 10.4 Å². The number of carbonyl (C=O) groups is 1. The summed E-state index contributed by atoms with van der Waals surface area (Å²) < 4.78 is 30.1. The van der Waals surface area contributed by atoms with Gasteiger partial charge in [0.05, 0.1) is 5.69 Å². The van der Waals surface area contributed by atoms with E-state index in [0.717, 1.165) is 17.5 Å². The minimum absolute atomic E-state index is 0.0403. The second-order valence-electron chi connectivity index (χ2n) is 6.14. The molecule has 0 aliphatic heterocycles. The van der Waals surface area contributed by atoms with Crippen LogP contribution in [0.15, 0.2) is 71.8 Å². The Morgan fingerprint density at radius 1 is 1.10 bits per heavy atom. The summed E-state index contributed by atoms with van der Waals surface area (Å²) in [4.78, 5) is 16.1. The van der Waals surface area contributed by atoms with Crippen molar-refractivity contribution in [3.63, 3.8) is 0 Å². The Balaban J connectivity index is 1.90. The van der Waals surface area contributed by atoms with Gasteiger partial charge in [-0.25, -0.2) is 8.42 Å². The number of rotatable bonds is 5. The van der Waals surface area contributed by atoms with Crippen LogP contribution < -0.4 is 15.8 Å². The molecule has 0 saturated carbocycles. The van der Waals surface area contributed by atoms with Gasteiger partial charge >= 0.3 is 0 Å². The zero-order chi connectivity index (χ0) is 21.0. The molecular formula is C20H18N4O4S. The summed E-state index contributed by atoms with van der Waals surface area (Å²) in [5, 5.41) is 9.23. The Morgan fingerprint density at radius 3 is 2.41 bits per heavy atom. The molecule has 9 heteroatoms. The Kier molecular flexibility index (Phi) is 5.60. The van der Waals surface area contributed by atoms with Crippen LogP contribution >= 0.6 is 0 Å². The van der Waals surface area contributed by atoms with E-state index in [1.165, 1.54) is 18.2 Å². The van der Waals surface area contributed by atoms with E-state index in [1.807, 2.05) is 30.3 Å². The van der Waals surface area contributed by atoms with E-state index in [9.17, 15) is 13.2 Å². The summed E-state index contributed by atoms with van der Waals surface area (Å²) in [7, 11) is -3.69.